The fourth-order valence-corrected chi connectivity index (χ4v) is 3.01. The molecule has 6 heteroatoms. The second kappa shape index (κ2) is 7.15. The van der Waals surface area contributed by atoms with Gasteiger partial charge in [-0.1, -0.05) is 12.1 Å². The van der Waals surface area contributed by atoms with E-state index in [-0.39, 0.29) is 5.91 Å². The Hall–Kier alpha value is -2.89. The topological polar surface area (TPSA) is 56.0 Å². The molecule has 0 aliphatic rings. The normalized spacial score (nSPS) is 11.0. The van der Waals surface area contributed by atoms with Crippen molar-refractivity contribution in [2.24, 2.45) is 7.05 Å². The summed E-state index contributed by atoms with van der Waals surface area (Å²) in [5.74, 6) is 0.00548. The maximum Gasteiger partial charge on any atom is 0.253 e. The summed E-state index contributed by atoms with van der Waals surface area (Å²) < 4.78 is 3.80. The van der Waals surface area contributed by atoms with Crippen molar-refractivity contribution in [1.29, 1.82) is 0 Å². The van der Waals surface area contributed by atoms with Gasteiger partial charge in [0.25, 0.3) is 5.91 Å². The van der Waals surface area contributed by atoms with Crippen LogP contribution in [0.3, 0.4) is 0 Å². The van der Waals surface area contributed by atoms with E-state index in [1.54, 1.807) is 4.90 Å². The van der Waals surface area contributed by atoms with E-state index in [0.717, 1.165) is 28.2 Å². The molecule has 2 heterocycles. The van der Waals surface area contributed by atoms with E-state index in [1.165, 1.54) is 0 Å². The number of aromatic nitrogens is 4. The van der Waals surface area contributed by atoms with E-state index in [1.807, 2.05) is 74.7 Å². The summed E-state index contributed by atoms with van der Waals surface area (Å²) in [4.78, 5) is 14.4. The zero-order chi connectivity index (χ0) is 18.8. The first-order valence-corrected chi connectivity index (χ1v) is 8.68. The second-order valence-corrected chi connectivity index (χ2v) is 6.82. The number of benzene rings is 1. The van der Waals surface area contributed by atoms with Crippen molar-refractivity contribution in [3.05, 3.63) is 70.3 Å². The van der Waals surface area contributed by atoms with E-state index in [9.17, 15) is 4.79 Å². The Bertz CT molecular complexity index is 920. The Morgan fingerprint density at radius 2 is 1.85 bits per heavy atom. The van der Waals surface area contributed by atoms with Crippen LogP contribution in [-0.2, 0) is 20.1 Å². The molecule has 26 heavy (non-hydrogen) atoms. The molecule has 0 aliphatic heterocycles. The molecule has 0 unspecified atom stereocenters. The summed E-state index contributed by atoms with van der Waals surface area (Å²) in [5.41, 5.74) is 6.09. The fraction of sp³-hybridized carbons (Fsp3) is 0.350. The van der Waals surface area contributed by atoms with E-state index in [0.29, 0.717) is 18.7 Å². The molecule has 0 bridgehead atoms. The molecule has 2 aromatic heterocycles. The van der Waals surface area contributed by atoms with Crippen molar-refractivity contribution in [3.8, 4) is 0 Å². The van der Waals surface area contributed by atoms with Crippen molar-refractivity contribution < 1.29 is 4.79 Å². The van der Waals surface area contributed by atoms with Crippen molar-refractivity contribution in [3.63, 3.8) is 0 Å². The first-order valence-electron chi connectivity index (χ1n) is 8.68. The van der Waals surface area contributed by atoms with Crippen LogP contribution in [0.25, 0.3) is 0 Å². The van der Waals surface area contributed by atoms with E-state index in [2.05, 4.69) is 16.3 Å². The molecular formula is C20H25N5O. The van der Waals surface area contributed by atoms with Gasteiger partial charge < -0.3 is 4.90 Å². The summed E-state index contributed by atoms with van der Waals surface area (Å²) in [6, 6.07) is 9.82. The summed E-state index contributed by atoms with van der Waals surface area (Å²) in [6.07, 6.45) is 1.82. The highest BCUT2D eigenvalue weighted by molar-refractivity contribution is 5.94. The Labute approximate surface area is 154 Å². The summed E-state index contributed by atoms with van der Waals surface area (Å²) in [7, 11) is 3.72. The number of aryl methyl sites for hydroxylation is 3. The minimum Gasteiger partial charge on any atom is -0.337 e. The van der Waals surface area contributed by atoms with Gasteiger partial charge in [0.1, 0.15) is 0 Å². The Morgan fingerprint density at radius 1 is 1.15 bits per heavy atom. The molecule has 0 saturated heterocycles. The van der Waals surface area contributed by atoms with Crippen LogP contribution in [0, 0.1) is 20.8 Å². The number of hydrogen-bond acceptors (Lipinski definition) is 3. The molecule has 0 spiro atoms. The molecule has 0 N–H and O–H groups in total. The van der Waals surface area contributed by atoms with E-state index >= 15 is 0 Å². The smallest absolute Gasteiger partial charge is 0.253 e. The monoisotopic (exact) mass is 351 g/mol. The molecule has 0 aliphatic carbocycles. The zero-order valence-electron chi connectivity index (χ0n) is 16.0. The predicted molar refractivity (Wildman–Crippen MR) is 101 cm³/mol. The highest BCUT2D eigenvalue weighted by atomic mass is 16.2. The van der Waals surface area contributed by atoms with Crippen LogP contribution in [-0.4, -0.2) is 37.4 Å². The van der Waals surface area contributed by atoms with Gasteiger partial charge in [-0.15, -0.1) is 0 Å². The third-order valence-corrected chi connectivity index (χ3v) is 4.73. The molecule has 0 radical (unpaired) electrons. The first kappa shape index (κ1) is 17.9. The van der Waals surface area contributed by atoms with Crippen molar-refractivity contribution in [1.82, 2.24) is 24.5 Å². The molecule has 0 saturated carbocycles. The molecule has 1 amide bonds. The van der Waals surface area contributed by atoms with Crippen molar-refractivity contribution >= 4 is 5.91 Å². The lowest BCUT2D eigenvalue weighted by atomic mass is 10.1. The Balaban J connectivity index is 1.68. The average Bonchev–Trinajstić information content (AvgIpc) is 3.10. The molecule has 3 rings (SSSR count). The number of carbonyl (C=O) groups is 1. The number of hydrogen-bond donors (Lipinski definition) is 0. The Kier molecular flexibility index (Phi) is 4.93. The molecule has 1 aromatic carbocycles. The van der Waals surface area contributed by atoms with Crippen LogP contribution in [0.4, 0.5) is 0 Å². The SMILES string of the molecule is Cc1cc(C)n(Cc2ccc(C(=O)N(C)Cc3cnn(C)c3C)cc2)n1. The maximum absolute atomic E-state index is 12.7. The highest BCUT2D eigenvalue weighted by Gasteiger charge is 2.14. The maximum atomic E-state index is 12.7. The largest absolute Gasteiger partial charge is 0.337 e. The minimum atomic E-state index is 0.00548. The van der Waals surface area contributed by atoms with Crippen LogP contribution >= 0.6 is 0 Å². The van der Waals surface area contributed by atoms with Crippen molar-refractivity contribution in [2.75, 3.05) is 7.05 Å². The van der Waals surface area contributed by atoms with Gasteiger partial charge in [0.2, 0.25) is 0 Å². The summed E-state index contributed by atoms with van der Waals surface area (Å²) in [6.45, 7) is 7.30. The standard InChI is InChI=1S/C20H25N5O/c1-14-10-15(2)25(22-14)12-17-6-8-18(9-7-17)20(26)23(4)13-19-11-21-24(5)16(19)3/h6-11H,12-13H2,1-5H3. The zero-order valence-corrected chi connectivity index (χ0v) is 16.0. The number of rotatable bonds is 5. The number of nitrogens with zero attached hydrogens (tertiary/aromatic N) is 5. The molecule has 136 valence electrons. The highest BCUT2D eigenvalue weighted by Crippen LogP contribution is 2.13. The van der Waals surface area contributed by atoms with Gasteiger partial charge in [-0.05, 0) is 44.5 Å². The summed E-state index contributed by atoms with van der Waals surface area (Å²) >= 11 is 0. The quantitative estimate of drug-likeness (QED) is 0.710. The molecule has 3 aromatic rings. The third kappa shape index (κ3) is 3.69. The fourth-order valence-electron chi connectivity index (χ4n) is 3.01. The van der Waals surface area contributed by atoms with Gasteiger partial charge in [-0.25, -0.2) is 0 Å². The van der Waals surface area contributed by atoms with Gasteiger partial charge in [0.05, 0.1) is 18.4 Å². The van der Waals surface area contributed by atoms with Crippen LogP contribution < -0.4 is 0 Å². The lowest BCUT2D eigenvalue weighted by Crippen LogP contribution is -2.26. The van der Waals surface area contributed by atoms with Gasteiger partial charge in [-0.2, -0.15) is 10.2 Å². The second-order valence-electron chi connectivity index (χ2n) is 6.82. The van der Waals surface area contributed by atoms with Crippen LogP contribution in [0.1, 0.15) is 38.6 Å². The van der Waals surface area contributed by atoms with E-state index < -0.39 is 0 Å². The minimum absolute atomic E-state index is 0.00548. The van der Waals surface area contributed by atoms with Crippen molar-refractivity contribution in [2.45, 2.75) is 33.9 Å². The van der Waals surface area contributed by atoms with Gasteiger partial charge in [0, 0.05) is 43.2 Å². The summed E-state index contributed by atoms with van der Waals surface area (Å²) in [5, 5.41) is 8.71. The first-order chi connectivity index (χ1) is 12.3. The van der Waals surface area contributed by atoms with Crippen LogP contribution in [0.2, 0.25) is 0 Å². The molecule has 6 nitrogen and oxygen atoms in total. The van der Waals surface area contributed by atoms with E-state index in [4.69, 9.17) is 0 Å². The lowest BCUT2D eigenvalue weighted by Gasteiger charge is -2.17. The molecule has 0 fully saturated rings. The third-order valence-electron chi connectivity index (χ3n) is 4.73. The van der Waals surface area contributed by atoms with Gasteiger partial charge >= 0.3 is 0 Å². The average molecular weight is 351 g/mol. The van der Waals surface area contributed by atoms with Gasteiger partial charge in [0.15, 0.2) is 0 Å². The van der Waals surface area contributed by atoms with Crippen LogP contribution in [0.5, 0.6) is 0 Å². The predicted octanol–water partition coefficient (Wildman–Crippen LogP) is 2.86. The number of carbonyl (C=O) groups excluding carboxylic acids is 1. The lowest BCUT2D eigenvalue weighted by molar-refractivity contribution is 0.0785. The molecule has 0 atom stereocenters. The Morgan fingerprint density at radius 3 is 2.38 bits per heavy atom. The van der Waals surface area contributed by atoms with Gasteiger partial charge in [-0.3, -0.25) is 14.2 Å². The molecular weight excluding hydrogens is 326 g/mol. The number of amides is 1. The van der Waals surface area contributed by atoms with Crippen LogP contribution in [0.15, 0.2) is 36.5 Å².